The molecule has 0 unspecified atom stereocenters. The van der Waals surface area contributed by atoms with Gasteiger partial charge in [0.15, 0.2) is 0 Å². The standard InChI is InChI=1S/C10H8NO/c12-7-8-5-9-3-1-2-4-10(9)11-6-8/h1-6H,7H2. The molecule has 1 radical (unpaired) electrons. The molecular weight excluding hydrogens is 150 g/mol. The Bertz CT molecular complexity index is 398. The molecule has 12 heavy (non-hydrogen) atoms. The highest BCUT2D eigenvalue weighted by atomic mass is 16.3. The van der Waals surface area contributed by atoms with Crippen molar-refractivity contribution < 1.29 is 5.11 Å². The van der Waals surface area contributed by atoms with Crippen molar-refractivity contribution in [1.29, 1.82) is 0 Å². The second kappa shape index (κ2) is 2.91. The van der Waals surface area contributed by atoms with Gasteiger partial charge < -0.3 is 0 Å². The SMILES string of the molecule is [O]Cc1cnc2ccccc2c1. The summed E-state index contributed by atoms with van der Waals surface area (Å²) in [5.74, 6) is 0. The van der Waals surface area contributed by atoms with Crippen LogP contribution in [0, 0.1) is 0 Å². The first-order valence-corrected chi connectivity index (χ1v) is 3.82. The van der Waals surface area contributed by atoms with Gasteiger partial charge in [0.2, 0.25) is 0 Å². The lowest BCUT2D eigenvalue weighted by molar-refractivity contribution is 0.177. The molecule has 0 aliphatic heterocycles. The molecule has 1 aromatic carbocycles. The molecular formula is C10H8NO. The van der Waals surface area contributed by atoms with E-state index < -0.39 is 0 Å². The highest BCUT2D eigenvalue weighted by molar-refractivity contribution is 5.78. The first-order chi connectivity index (χ1) is 5.90. The van der Waals surface area contributed by atoms with Gasteiger partial charge in [-0.15, -0.1) is 0 Å². The zero-order valence-electron chi connectivity index (χ0n) is 6.53. The second-order valence-electron chi connectivity index (χ2n) is 2.68. The minimum absolute atomic E-state index is 0.197. The van der Waals surface area contributed by atoms with E-state index in [4.69, 9.17) is 0 Å². The van der Waals surface area contributed by atoms with E-state index >= 15 is 0 Å². The molecule has 2 rings (SSSR count). The lowest BCUT2D eigenvalue weighted by Crippen LogP contribution is -1.84. The van der Waals surface area contributed by atoms with Gasteiger partial charge in [-0.1, -0.05) is 18.2 Å². The van der Waals surface area contributed by atoms with E-state index in [1.54, 1.807) is 6.20 Å². The summed E-state index contributed by atoms with van der Waals surface area (Å²) in [5.41, 5.74) is 1.68. The van der Waals surface area contributed by atoms with Crippen LogP contribution in [0.25, 0.3) is 10.9 Å². The Balaban J connectivity index is 2.67. The number of hydrogen-bond donors (Lipinski definition) is 0. The van der Waals surface area contributed by atoms with Crippen molar-refractivity contribution in [2.45, 2.75) is 6.61 Å². The lowest BCUT2D eigenvalue weighted by Gasteiger charge is -1.97. The van der Waals surface area contributed by atoms with E-state index in [9.17, 15) is 5.11 Å². The van der Waals surface area contributed by atoms with Crippen LogP contribution < -0.4 is 0 Å². The molecule has 2 aromatic rings. The van der Waals surface area contributed by atoms with Crippen LogP contribution in [0.4, 0.5) is 0 Å². The number of pyridine rings is 1. The van der Waals surface area contributed by atoms with Crippen LogP contribution in [0.3, 0.4) is 0 Å². The smallest absolute Gasteiger partial charge is 0.109 e. The largest absolute Gasteiger partial charge is 0.256 e. The first kappa shape index (κ1) is 7.25. The Labute approximate surface area is 70.5 Å². The maximum atomic E-state index is 10.5. The Hall–Kier alpha value is -1.41. The van der Waals surface area contributed by atoms with Crippen LogP contribution in [0.5, 0.6) is 0 Å². The summed E-state index contributed by atoms with van der Waals surface area (Å²) in [5, 5.41) is 11.6. The zero-order chi connectivity index (χ0) is 8.39. The summed E-state index contributed by atoms with van der Waals surface area (Å²) in [6.45, 7) is -0.197. The maximum absolute atomic E-state index is 10.5. The molecule has 59 valence electrons. The van der Waals surface area contributed by atoms with E-state index in [-0.39, 0.29) is 6.61 Å². The van der Waals surface area contributed by atoms with Crippen molar-refractivity contribution in [3.63, 3.8) is 0 Å². The minimum Gasteiger partial charge on any atom is -0.256 e. The van der Waals surface area contributed by atoms with E-state index in [0.29, 0.717) is 0 Å². The first-order valence-electron chi connectivity index (χ1n) is 3.82. The summed E-state index contributed by atoms with van der Waals surface area (Å²) in [6.07, 6.45) is 1.63. The second-order valence-corrected chi connectivity index (χ2v) is 2.68. The number of nitrogens with zero attached hydrogens (tertiary/aromatic N) is 1. The maximum Gasteiger partial charge on any atom is 0.109 e. The van der Waals surface area contributed by atoms with Crippen LogP contribution in [0.1, 0.15) is 5.56 Å². The van der Waals surface area contributed by atoms with Gasteiger partial charge in [0.1, 0.15) is 6.61 Å². The van der Waals surface area contributed by atoms with Crippen LogP contribution in [-0.2, 0) is 11.7 Å². The normalized spacial score (nSPS) is 10.4. The highest BCUT2D eigenvalue weighted by Gasteiger charge is 1.95. The number of para-hydroxylation sites is 1. The summed E-state index contributed by atoms with van der Waals surface area (Å²) < 4.78 is 0. The number of rotatable bonds is 1. The van der Waals surface area contributed by atoms with Gasteiger partial charge in [-0.25, -0.2) is 5.11 Å². The fraction of sp³-hybridized carbons (Fsp3) is 0.100. The van der Waals surface area contributed by atoms with E-state index in [2.05, 4.69) is 4.98 Å². The molecule has 0 N–H and O–H groups in total. The van der Waals surface area contributed by atoms with Gasteiger partial charge in [-0.2, -0.15) is 0 Å². The Kier molecular flexibility index (Phi) is 1.76. The van der Waals surface area contributed by atoms with E-state index in [1.165, 1.54) is 0 Å². The van der Waals surface area contributed by atoms with Crippen LogP contribution in [0.15, 0.2) is 36.5 Å². The van der Waals surface area contributed by atoms with Crippen LogP contribution in [-0.4, -0.2) is 4.98 Å². The van der Waals surface area contributed by atoms with Crippen LogP contribution in [0.2, 0.25) is 0 Å². The summed E-state index contributed by atoms with van der Waals surface area (Å²) in [7, 11) is 0. The molecule has 2 nitrogen and oxygen atoms in total. The molecule has 2 heteroatoms. The lowest BCUT2D eigenvalue weighted by atomic mass is 10.2. The van der Waals surface area contributed by atoms with Crippen LogP contribution >= 0.6 is 0 Å². The Morgan fingerprint density at radius 1 is 1.25 bits per heavy atom. The van der Waals surface area contributed by atoms with Crippen molar-refractivity contribution in [2.75, 3.05) is 0 Å². The average Bonchev–Trinajstić information content (AvgIpc) is 2.17. The van der Waals surface area contributed by atoms with Gasteiger partial charge in [0, 0.05) is 11.6 Å². The predicted molar refractivity (Wildman–Crippen MR) is 46.1 cm³/mol. The van der Waals surface area contributed by atoms with Crippen molar-refractivity contribution in [3.05, 3.63) is 42.1 Å². The van der Waals surface area contributed by atoms with Gasteiger partial charge in [-0.05, 0) is 17.7 Å². The van der Waals surface area contributed by atoms with Gasteiger partial charge in [-0.3, -0.25) is 4.98 Å². The molecule has 0 amide bonds. The zero-order valence-corrected chi connectivity index (χ0v) is 6.53. The molecule has 0 fully saturated rings. The van der Waals surface area contributed by atoms with Gasteiger partial charge in [0.05, 0.1) is 5.52 Å². The predicted octanol–water partition coefficient (Wildman–Crippen LogP) is 2.17. The molecule has 1 aromatic heterocycles. The van der Waals surface area contributed by atoms with Gasteiger partial charge in [0.25, 0.3) is 0 Å². The monoisotopic (exact) mass is 158 g/mol. The molecule has 0 atom stereocenters. The topological polar surface area (TPSA) is 32.8 Å². The van der Waals surface area contributed by atoms with Crippen molar-refractivity contribution in [2.24, 2.45) is 0 Å². The van der Waals surface area contributed by atoms with E-state index in [1.807, 2.05) is 30.3 Å². The molecule has 0 aliphatic carbocycles. The third-order valence-corrected chi connectivity index (χ3v) is 1.81. The molecule has 0 bridgehead atoms. The quantitative estimate of drug-likeness (QED) is 0.626. The van der Waals surface area contributed by atoms with Crippen molar-refractivity contribution in [1.82, 2.24) is 4.98 Å². The number of hydrogen-bond acceptors (Lipinski definition) is 1. The fourth-order valence-electron chi connectivity index (χ4n) is 1.20. The molecule has 0 spiro atoms. The summed E-state index contributed by atoms with van der Waals surface area (Å²) in [6, 6.07) is 9.66. The molecule has 0 saturated heterocycles. The Morgan fingerprint density at radius 2 is 2.08 bits per heavy atom. The Morgan fingerprint density at radius 3 is 2.92 bits per heavy atom. The average molecular weight is 158 g/mol. The molecule has 0 saturated carbocycles. The number of benzene rings is 1. The summed E-state index contributed by atoms with van der Waals surface area (Å²) in [4.78, 5) is 4.15. The van der Waals surface area contributed by atoms with Crippen molar-refractivity contribution in [3.8, 4) is 0 Å². The third-order valence-electron chi connectivity index (χ3n) is 1.81. The fourth-order valence-corrected chi connectivity index (χ4v) is 1.20. The van der Waals surface area contributed by atoms with Gasteiger partial charge >= 0.3 is 0 Å². The molecule has 1 heterocycles. The number of aromatic nitrogens is 1. The highest BCUT2D eigenvalue weighted by Crippen LogP contribution is 2.12. The third kappa shape index (κ3) is 1.17. The minimum atomic E-state index is -0.197. The number of fused-ring (bicyclic) bond motifs is 1. The summed E-state index contributed by atoms with van der Waals surface area (Å²) >= 11 is 0. The molecule has 0 aliphatic rings. The van der Waals surface area contributed by atoms with E-state index in [0.717, 1.165) is 16.5 Å². The van der Waals surface area contributed by atoms with Crippen molar-refractivity contribution >= 4 is 10.9 Å².